The predicted octanol–water partition coefficient (Wildman–Crippen LogP) is 8.29. The Hall–Kier alpha value is -3.82. The lowest BCUT2D eigenvalue weighted by atomic mass is 9.68. The second-order valence-electron chi connectivity index (χ2n) is 14.1. The third-order valence-electron chi connectivity index (χ3n) is 10.7. The SMILES string of the molecule is C.CNS.CO.Cc1nc2cc(-c3ccc(C4CC(OCC5CC6CCC(C5)O6)CC(C(=O)Nc5ccc(C(F)(F)F)cc5F)[C@@H]4C=O)cc3)ccc2n1C. The molecule has 2 saturated heterocycles. The Morgan fingerprint density at radius 1 is 1.02 bits per heavy atom. The Kier molecular flexibility index (Phi) is 15.5. The summed E-state index contributed by atoms with van der Waals surface area (Å²) in [7, 11) is 4.72. The Morgan fingerprint density at radius 2 is 1.65 bits per heavy atom. The van der Waals surface area contributed by atoms with Crippen LogP contribution < -0.4 is 10.0 Å². The van der Waals surface area contributed by atoms with Crippen LogP contribution in [0.15, 0.2) is 60.7 Å². The fraction of sp³-hybridized carbons (Fsp3) is 0.488. The first-order valence-electron chi connectivity index (χ1n) is 18.1. The Bertz CT molecular complexity index is 1880. The van der Waals surface area contributed by atoms with Crippen LogP contribution in [0.4, 0.5) is 23.2 Å². The Balaban J connectivity index is 0.00000107. The monoisotopic (exact) mass is 788 g/mol. The minimum Gasteiger partial charge on any atom is -0.400 e. The summed E-state index contributed by atoms with van der Waals surface area (Å²) in [4.78, 5) is 31.1. The van der Waals surface area contributed by atoms with Gasteiger partial charge in [-0.1, -0.05) is 50.6 Å². The van der Waals surface area contributed by atoms with Gasteiger partial charge >= 0.3 is 6.18 Å². The molecule has 5 unspecified atom stereocenters. The Labute approximate surface area is 325 Å². The standard InChI is InChI=1S/C38H39F4N3O4.CH5NS.CH4O.CH4/c1-21-43-35-15-25(7-12-36(35)45(21)2)23-3-5-24(6-4-23)30-17-29(48-20-22-13-27-9-10-28(14-22)49-27)18-31(32(30)19-46)37(47)44-34-11-8-26(16-33(34)39)38(40,41)42;1-2-3;1-2;/h3-8,11-12,15-16,19,22,27-32H,9-10,13-14,17-18,20H2,1-2H3,(H,44,47);2-3H,1H3;2H,1H3;1H4/t22?,27?,28?,29?,30?,31?,32-;;;/m1.../s1. The summed E-state index contributed by atoms with van der Waals surface area (Å²) in [6, 6.07) is 16.0. The number of fused-ring (bicyclic) bond motifs is 3. The number of nitrogens with one attached hydrogen (secondary N) is 2. The number of benzene rings is 3. The van der Waals surface area contributed by atoms with E-state index in [0.717, 1.165) is 84.8 Å². The number of aliphatic hydroxyl groups excluding tert-OH is 1. The maximum absolute atomic E-state index is 14.8. The highest BCUT2D eigenvalue weighted by Crippen LogP contribution is 2.44. The fourth-order valence-corrected chi connectivity index (χ4v) is 8.04. The highest BCUT2D eigenvalue weighted by molar-refractivity contribution is 7.78. The van der Waals surface area contributed by atoms with Crippen molar-refractivity contribution in [2.24, 2.45) is 24.8 Å². The number of carbonyl (C=O) groups excluding carboxylic acids is 2. The molecule has 300 valence electrons. The highest BCUT2D eigenvalue weighted by atomic mass is 32.1. The summed E-state index contributed by atoms with van der Waals surface area (Å²) in [5, 5.41) is 9.47. The largest absolute Gasteiger partial charge is 0.416 e. The molecule has 0 spiro atoms. The molecule has 4 aromatic rings. The molecule has 3 aromatic carbocycles. The molecule has 3 aliphatic rings. The molecule has 1 amide bonds. The number of aryl methyl sites for hydroxylation is 2. The number of carbonyl (C=O) groups is 2. The molecule has 55 heavy (non-hydrogen) atoms. The summed E-state index contributed by atoms with van der Waals surface area (Å²) in [6.07, 6.45) is 0.897. The number of halogens is 4. The van der Waals surface area contributed by atoms with Crippen molar-refractivity contribution in [1.29, 1.82) is 0 Å². The third-order valence-corrected chi connectivity index (χ3v) is 10.7. The average molecular weight is 789 g/mol. The van der Waals surface area contributed by atoms with Crippen molar-refractivity contribution in [3.63, 3.8) is 0 Å². The zero-order chi connectivity index (χ0) is 39.2. The van der Waals surface area contributed by atoms with E-state index in [1.54, 1.807) is 7.05 Å². The number of alkyl halides is 3. The summed E-state index contributed by atoms with van der Waals surface area (Å²) in [5.74, 6) is -2.59. The number of rotatable bonds is 8. The van der Waals surface area contributed by atoms with E-state index < -0.39 is 35.3 Å². The molecular weight excluding hydrogens is 737 g/mol. The summed E-state index contributed by atoms with van der Waals surface area (Å²) >= 11 is 3.54. The van der Waals surface area contributed by atoms with E-state index in [1.165, 1.54) is 0 Å². The maximum Gasteiger partial charge on any atom is 0.416 e. The van der Waals surface area contributed by atoms with Gasteiger partial charge in [-0.15, -0.1) is 0 Å². The summed E-state index contributed by atoms with van der Waals surface area (Å²) in [5.41, 5.74) is 3.24. The first kappa shape index (κ1) is 43.9. The van der Waals surface area contributed by atoms with E-state index in [0.29, 0.717) is 25.0 Å². The minimum absolute atomic E-state index is 0. The van der Waals surface area contributed by atoms with Crippen LogP contribution in [0.3, 0.4) is 0 Å². The van der Waals surface area contributed by atoms with Crippen LogP contribution in [0, 0.1) is 30.5 Å². The first-order chi connectivity index (χ1) is 25.9. The van der Waals surface area contributed by atoms with Crippen LogP contribution in [-0.4, -0.2) is 65.9 Å². The lowest BCUT2D eigenvalue weighted by Gasteiger charge is -2.40. The van der Waals surface area contributed by atoms with Gasteiger partial charge in [0.05, 0.1) is 46.5 Å². The van der Waals surface area contributed by atoms with Crippen LogP contribution in [0.25, 0.3) is 22.2 Å². The second-order valence-corrected chi connectivity index (χ2v) is 14.5. The third kappa shape index (κ3) is 10.3. The van der Waals surface area contributed by atoms with Gasteiger partial charge in [-0.3, -0.25) is 9.52 Å². The van der Waals surface area contributed by atoms with Gasteiger partial charge in [0.25, 0.3) is 0 Å². The highest BCUT2D eigenvalue weighted by Gasteiger charge is 2.43. The van der Waals surface area contributed by atoms with Crippen molar-refractivity contribution in [3.05, 3.63) is 83.4 Å². The minimum atomic E-state index is -4.73. The van der Waals surface area contributed by atoms with E-state index in [-0.39, 0.29) is 43.8 Å². The van der Waals surface area contributed by atoms with Gasteiger partial charge in [-0.05, 0) is 111 Å². The van der Waals surface area contributed by atoms with Gasteiger partial charge in [-0.2, -0.15) is 13.2 Å². The zero-order valence-electron chi connectivity index (χ0n) is 30.8. The zero-order valence-corrected chi connectivity index (χ0v) is 31.7. The topological polar surface area (TPSA) is 115 Å². The van der Waals surface area contributed by atoms with Crippen molar-refractivity contribution in [1.82, 2.24) is 14.3 Å². The van der Waals surface area contributed by atoms with Crippen LogP contribution in [0.5, 0.6) is 0 Å². The molecule has 1 saturated carbocycles. The van der Waals surface area contributed by atoms with E-state index in [4.69, 9.17) is 14.6 Å². The number of anilines is 1. The molecular formula is C41H52F4N4O5S. The number of aromatic nitrogens is 2. The summed E-state index contributed by atoms with van der Waals surface area (Å²) < 4.78 is 71.1. The molecule has 1 aliphatic carbocycles. The number of nitrogens with zero attached hydrogens (tertiary/aromatic N) is 2. The molecule has 1 aromatic heterocycles. The lowest BCUT2D eigenvalue weighted by molar-refractivity contribution is -0.137. The van der Waals surface area contributed by atoms with Crippen molar-refractivity contribution in [3.8, 4) is 11.1 Å². The van der Waals surface area contributed by atoms with Gasteiger partial charge in [0.15, 0.2) is 0 Å². The summed E-state index contributed by atoms with van der Waals surface area (Å²) in [6.45, 7) is 2.47. The predicted molar refractivity (Wildman–Crippen MR) is 209 cm³/mol. The molecule has 6 atom stereocenters. The molecule has 9 nitrogen and oxygen atoms in total. The number of amides is 1. The molecule has 7 rings (SSSR count). The smallest absolute Gasteiger partial charge is 0.400 e. The van der Waals surface area contributed by atoms with Crippen molar-refractivity contribution in [2.75, 3.05) is 26.1 Å². The van der Waals surface area contributed by atoms with Crippen LogP contribution in [0.1, 0.15) is 68.8 Å². The van der Waals surface area contributed by atoms with E-state index in [9.17, 15) is 27.2 Å². The van der Waals surface area contributed by atoms with E-state index >= 15 is 0 Å². The Morgan fingerprint density at radius 3 is 2.25 bits per heavy atom. The number of aldehydes is 1. The van der Waals surface area contributed by atoms with Gasteiger partial charge in [0, 0.05) is 26.7 Å². The number of thiol groups is 1. The van der Waals surface area contributed by atoms with Crippen molar-refractivity contribution < 1.29 is 41.7 Å². The molecule has 3 fully saturated rings. The fourth-order valence-electron chi connectivity index (χ4n) is 8.04. The quantitative estimate of drug-likeness (QED) is 0.0808. The van der Waals surface area contributed by atoms with Crippen LogP contribution in [-0.2, 0) is 32.3 Å². The number of hydrogen-bond acceptors (Lipinski definition) is 8. The van der Waals surface area contributed by atoms with E-state index in [2.05, 4.69) is 27.8 Å². The number of ether oxygens (including phenoxy) is 2. The van der Waals surface area contributed by atoms with Crippen molar-refractivity contribution in [2.45, 2.75) is 83.3 Å². The van der Waals surface area contributed by atoms with Gasteiger partial charge in [-0.25, -0.2) is 9.37 Å². The molecule has 2 aliphatic heterocycles. The molecule has 3 heterocycles. The molecule has 14 heteroatoms. The molecule has 3 N–H and O–H groups in total. The van der Waals surface area contributed by atoms with Gasteiger partial charge in [0.1, 0.15) is 17.9 Å². The van der Waals surface area contributed by atoms with Gasteiger partial charge < -0.3 is 29.3 Å². The second kappa shape index (κ2) is 19.4. The lowest BCUT2D eigenvalue weighted by Crippen LogP contribution is -2.43. The van der Waals surface area contributed by atoms with Crippen molar-refractivity contribution >= 4 is 41.7 Å². The first-order valence-corrected chi connectivity index (χ1v) is 18.5. The van der Waals surface area contributed by atoms with Gasteiger partial charge in [0.2, 0.25) is 5.91 Å². The number of imidazole rings is 1. The normalized spacial score (nSPS) is 24.4. The number of hydrogen-bond donors (Lipinski definition) is 4. The molecule has 0 radical (unpaired) electrons. The average Bonchev–Trinajstić information content (AvgIpc) is 3.66. The van der Waals surface area contributed by atoms with Crippen LogP contribution >= 0.6 is 12.8 Å². The molecule has 2 bridgehead atoms. The number of aliphatic hydroxyl groups is 1. The van der Waals surface area contributed by atoms with E-state index in [1.807, 2.05) is 61.0 Å². The van der Waals surface area contributed by atoms with Crippen LogP contribution in [0.2, 0.25) is 0 Å². The maximum atomic E-state index is 14.8.